The number of rotatable bonds is 6. The van der Waals surface area contributed by atoms with Crippen molar-refractivity contribution >= 4 is 10.0 Å². The first-order valence-electron chi connectivity index (χ1n) is 9.92. The Bertz CT molecular complexity index is 780. The van der Waals surface area contributed by atoms with Gasteiger partial charge < -0.3 is 4.74 Å². The Kier molecular flexibility index (Phi) is 3.96. The van der Waals surface area contributed by atoms with E-state index >= 15 is 0 Å². The molecule has 3 saturated carbocycles. The van der Waals surface area contributed by atoms with Gasteiger partial charge in [0.05, 0.1) is 17.9 Å². The topological polar surface area (TPSA) is 88.2 Å². The molecule has 26 heavy (non-hydrogen) atoms. The van der Waals surface area contributed by atoms with Gasteiger partial charge in [-0.15, -0.1) is 0 Å². The summed E-state index contributed by atoms with van der Waals surface area (Å²) >= 11 is 0. The fraction of sp³-hybridized carbons (Fsp3) is 0.889. The minimum Gasteiger partial charge on any atom is -0.380 e. The number of hydrogen-bond donors (Lipinski definition) is 1. The average Bonchev–Trinajstić information content (AvgIpc) is 3.02. The quantitative estimate of drug-likeness (QED) is 0.818. The second-order valence-electron chi connectivity index (χ2n) is 8.94. The molecule has 0 unspecified atom stereocenters. The van der Waals surface area contributed by atoms with Crippen molar-refractivity contribution in [1.29, 1.82) is 0 Å². The van der Waals surface area contributed by atoms with Gasteiger partial charge >= 0.3 is 0 Å². The largest absolute Gasteiger partial charge is 0.380 e. The van der Waals surface area contributed by atoms with E-state index in [0.29, 0.717) is 24.7 Å². The highest BCUT2D eigenvalue weighted by Gasteiger charge is 2.50. The molecule has 3 aliphatic carbocycles. The number of H-pyrrole nitrogens is 1. The van der Waals surface area contributed by atoms with Crippen LogP contribution in [0.15, 0.2) is 0 Å². The van der Waals surface area contributed by atoms with E-state index in [1.807, 2.05) is 0 Å². The molecule has 2 atom stereocenters. The van der Waals surface area contributed by atoms with E-state index in [1.54, 1.807) is 11.4 Å². The highest BCUT2D eigenvalue weighted by molar-refractivity contribution is 7.89. The van der Waals surface area contributed by atoms with E-state index in [2.05, 4.69) is 15.2 Å². The fourth-order valence-corrected chi connectivity index (χ4v) is 7.75. The van der Waals surface area contributed by atoms with Crippen LogP contribution in [-0.4, -0.2) is 53.4 Å². The summed E-state index contributed by atoms with van der Waals surface area (Å²) in [6.45, 7) is 0.419. The van der Waals surface area contributed by atoms with Gasteiger partial charge in [-0.2, -0.15) is 9.40 Å². The molecule has 2 bridgehead atoms. The third-order valence-electron chi connectivity index (χ3n) is 7.06. The van der Waals surface area contributed by atoms with Gasteiger partial charge in [0.2, 0.25) is 10.0 Å². The number of sulfonamides is 1. The van der Waals surface area contributed by atoms with Crippen LogP contribution in [0.4, 0.5) is 0 Å². The van der Waals surface area contributed by atoms with E-state index in [4.69, 9.17) is 4.74 Å². The van der Waals surface area contributed by atoms with Crippen molar-refractivity contribution in [2.24, 2.45) is 11.3 Å². The molecule has 1 aliphatic heterocycles. The molecule has 4 fully saturated rings. The standard InChI is InChI=1S/C18H28N4O3S/c1-25-14-8-15(17-19-16(20-21-17)13-2-3-13)22(10-14)26(23,24)11-18-6-4-12(9-18)5-7-18/h12-15H,2-11H2,1H3,(H,19,20,21)/t12?,14-,15+,18?/m1/s1. The zero-order valence-electron chi connectivity index (χ0n) is 15.4. The third-order valence-corrected chi connectivity index (χ3v) is 9.16. The number of aromatic nitrogens is 3. The molecule has 0 radical (unpaired) electrons. The second kappa shape index (κ2) is 6.01. The summed E-state index contributed by atoms with van der Waals surface area (Å²) < 4.78 is 33.9. The number of nitrogens with one attached hydrogen (secondary N) is 1. The maximum Gasteiger partial charge on any atom is 0.215 e. The summed E-state index contributed by atoms with van der Waals surface area (Å²) in [7, 11) is -1.70. The van der Waals surface area contributed by atoms with Gasteiger partial charge in [0.1, 0.15) is 5.82 Å². The molecule has 1 aromatic rings. The molecule has 0 amide bonds. The van der Waals surface area contributed by atoms with Crippen molar-refractivity contribution in [3.63, 3.8) is 0 Å². The predicted octanol–water partition coefficient (Wildman–Crippen LogP) is 2.35. The van der Waals surface area contributed by atoms with Gasteiger partial charge in [-0.25, -0.2) is 13.4 Å². The highest BCUT2D eigenvalue weighted by Crippen LogP contribution is 2.55. The van der Waals surface area contributed by atoms with Gasteiger partial charge in [-0.3, -0.25) is 5.10 Å². The fourth-order valence-electron chi connectivity index (χ4n) is 5.44. The van der Waals surface area contributed by atoms with E-state index in [0.717, 1.165) is 43.8 Å². The van der Waals surface area contributed by atoms with E-state index in [1.165, 1.54) is 12.8 Å². The van der Waals surface area contributed by atoms with Crippen LogP contribution in [0, 0.1) is 11.3 Å². The Morgan fingerprint density at radius 1 is 1.27 bits per heavy atom. The van der Waals surface area contributed by atoms with Crippen molar-refractivity contribution in [3.05, 3.63) is 11.6 Å². The molecule has 8 heteroatoms. The van der Waals surface area contributed by atoms with Crippen LogP contribution in [0.3, 0.4) is 0 Å². The molecular weight excluding hydrogens is 352 g/mol. The van der Waals surface area contributed by atoms with E-state index < -0.39 is 10.0 Å². The first-order valence-corrected chi connectivity index (χ1v) is 11.5. The lowest BCUT2D eigenvalue weighted by Crippen LogP contribution is -2.39. The number of fused-ring (bicyclic) bond motifs is 2. The maximum absolute atomic E-state index is 13.4. The lowest BCUT2D eigenvalue weighted by Gasteiger charge is -2.30. The van der Waals surface area contributed by atoms with Crippen molar-refractivity contribution in [2.75, 3.05) is 19.4 Å². The summed E-state index contributed by atoms with van der Waals surface area (Å²) in [5.41, 5.74) is 0.0137. The smallest absolute Gasteiger partial charge is 0.215 e. The lowest BCUT2D eigenvalue weighted by atomic mass is 9.87. The molecule has 1 saturated heterocycles. The molecule has 5 rings (SSSR count). The van der Waals surface area contributed by atoms with Crippen LogP contribution in [0.5, 0.6) is 0 Å². The van der Waals surface area contributed by atoms with Gasteiger partial charge in [0.15, 0.2) is 5.82 Å². The summed E-state index contributed by atoms with van der Waals surface area (Å²) in [4.78, 5) is 4.64. The zero-order valence-corrected chi connectivity index (χ0v) is 16.2. The van der Waals surface area contributed by atoms with Crippen LogP contribution in [-0.2, 0) is 14.8 Å². The molecular formula is C18H28N4O3S. The Balaban J connectivity index is 1.40. The number of nitrogens with zero attached hydrogens (tertiary/aromatic N) is 3. The minimum absolute atomic E-state index is 0.0137. The van der Waals surface area contributed by atoms with E-state index in [-0.39, 0.29) is 23.3 Å². The number of aromatic amines is 1. The van der Waals surface area contributed by atoms with Crippen molar-refractivity contribution in [3.8, 4) is 0 Å². The first kappa shape index (κ1) is 17.1. The Labute approximate surface area is 154 Å². The Hall–Kier alpha value is -0.990. The molecule has 0 spiro atoms. The van der Waals surface area contributed by atoms with Crippen molar-refractivity contribution in [2.45, 2.75) is 69.4 Å². The average molecular weight is 381 g/mol. The first-order chi connectivity index (χ1) is 12.5. The zero-order chi connectivity index (χ0) is 17.9. The van der Waals surface area contributed by atoms with Crippen LogP contribution in [0.1, 0.15) is 75.0 Å². The predicted molar refractivity (Wildman–Crippen MR) is 96.0 cm³/mol. The monoisotopic (exact) mass is 380 g/mol. The third kappa shape index (κ3) is 2.90. The molecule has 0 aromatic carbocycles. The Morgan fingerprint density at radius 3 is 2.65 bits per heavy atom. The van der Waals surface area contributed by atoms with Gasteiger partial charge in [0, 0.05) is 19.6 Å². The van der Waals surface area contributed by atoms with Crippen LogP contribution in [0.2, 0.25) is 0 Å². The lowest BCUT2D eigenvalue weighted by molar-refractivity contribution is 0.114. The second-order valence-corrected chi connectivity index (χ2v) is 10.9. The van der Waals surface area contributed by atoms with Crippen LogP contribution in [0.25, 0.3) is 0 Å². The van der Waals surface area contributed by atoms with Crippen molar-refractivity contribution in [1.82, 2.24) is 19.5 Å². The normalized spacial score (nSPS) is 37.7. The highest BCUT2D eigenvalue weighted by atomic mass is 32.2. The van der Waals surface area contributed by atoms with Gasteiger partial charge in [-0.05, 0) is 62.7 Å². The minimum atomic E-state index is -3.36. The SMILES string of the molecule is CO[C@@H]1C[C@@H](c2nc(C3CC3)n[nH]2)N(S(=O)(=O)CC23CCC(CC2)C3)C1. The molecule has 4 aliphatic rings. The summed E-state index contributed by atoms with van der Waals surface area (Å²) in [5, 5.41) is 7.35. The summed E-state index contributed by atoms with van der Waals surface area (Å²) in [6, 6.07) is -0.278. The molecule has 7 nitrogen and oxygen atoms in total. The van der Waals surface area contributed by atoms with Gasteiger partial charge in [-0.1, -0.05) is 0 Å². The number of methoxy groups -OCH3 is 1. The van der Waals surface area contributed by atoms with E-state index in [9.17, 15) is 8.42 Å². The summed E-state index contributed by atoms with van der Waals surface area (Å²) in [5.74, 6) is 3.01. The number of hydrogen-bond acceptors (Lipinski definition) is 5. The van der Waals surface area contributed by atoms with Crippen molar-refractivity contribution < 1.29 is 13.2 Å². The Morgan fingerprint density at radius 2 is 2.04 bits per heavy atom. The molecule has 144 valence electrons. The number of ether oxygens (including phenoxy) is 1. The maximum atomic E-state index is 13.4. The van der Waals surface area contributed by atoms with Crippen LogP contribution < -0.4 is 0 Å². The van der Waals surface area contributed by atoms with Gasteiger partial charge in [0.25, 0.3) is 0 Å². The molecule has 2 heterocycles. The molecule has 1 aromatic heterocycles. The summed E-state index contributed by atoms with van der Waals surface area (Å²) in [6.07, 6.45) is 8.45. The molecule has 1 N–H and O–H groups in total. The van der Waals surface area contributed by atoms with Crippen LogP contribution >= 0.6 is 0 Å².